The van der Waals surface area contributed by atoms with Crippen LogP contribution in [0.25, 0.3) is 0 Å². The molecule has 9 heteroatoms. The summed E-state index contributed by atoms with van der Waals surface area (Å²) in [6.07, 6.45) is 0.301. The molecule has 0 bridgehead atoms. The third-order valence-electron chi connectivity index (χ3n) is 2.10. The summed E-state index contributed by atoms with van der Waals surface area (Å²) in [5, 5.41) is 17.7. The number of nitrogens with one attached hydrogen (secondary N) is 1. The van der Waals surface area contributed by atoms with Gasteiger partial charge in [-0.3, -0.25) is 5.32 Å². The summed E-state index contributed by atoms with van der Waals surface area (Å²) in [6, 6.07) is 9.67. The van der Waals surface area contributed by atoms with E-state index in [1.807, 2.05) is 35.6 Å². The van der Waals surface area contributed by atoms with Crippen molar-refractivity contribution in [3.63, 3.8) is 0 Å². The summed E-state index contributed by atoms with van der Waals surface area (Å²) >= 11 is 0. The largest absolute Gasteiger partial charge is 0.486 e. The molecule has 0 unspecified atom stereocenters. The SMILES string of the molecule is CC(C)C.CC(C)C.NC(=O)O.O=C(O)Nc1ncc(OCc2ccccc2)cn1. The fourth-order valence-corrected chi connectivity index (χ4v) is 1.29. The first-order valence-corrected chi connectivity index (χ1v) is 9.41. The lowest BCUT2D eigenvalue weighted by Crippen LogP contribution is -2.10. The number of carboxylic acid groups (broad SMARTS) is 2. The summed E-state index contributed by atoms with van der Waals surface area (Å²) in [5.74, 6) is 2.17. The number of primary amides is 1. The van der Waals surface area contributed by atoms with Crippen LogP contribution in [-0.4, -0.2) is 32.4 Å². The van der Waals surface area contributed by atoms with Crippen LogP contribution in [0.1, 0.15) is 47.1 Å². The highest BCUT2D eigenvalue weighted by Crippen LogP contribution is 2.11. The van der Waals surface area contributed by atoms with Crippen molar-refractivity contribution in [2.45, 2.75) is 48.1 Å². The molecule has 168 valence electrons. The number of ether oxygens (including phenoxy) is 1. The predicted molar refractivity (Wildman–Crippen MR) is 118 cm³/mol. The van der Waals surface area contributed by atoms with Gasteiger partial charge in [-0.25, -0.2) is 19.6 Å². The van der Waals surface area contributed by atoms with Crippen molar-refractivity contribution in [2.75, 3.05) is 5.32 Å². The molecule has 0 fully saturated rings. The third-order valence-corrected chi connectivity index (χ3v) is 2.10. The molecule has 0 atom stereocenters. The Bertz CT molecular complexity index is 677. The summed E-state index contributed by atoms with van der Waals surface area (Å²) in [7, 11) is 0. The molecule has 2 amide bonds. The lowest BCUT2D eigenvalue weighted by molar-refractivity contribution is 0.205. The number of rotatable bonds is 4. The minimum atomic E-state index is -1.33. The van der Waals surface area contributed by atoms with Crippen LogP contribution >= 0.6 is 0 Å². The van der Waals surface area contributed by atoms with E-state index in [9.17, 15) is 4.79 Å². The maximum atomic E-state index is 10.3. The van der Waals surface area contributed by atoms with E-state index in [-0.39, 0.29) is 5.95 Å². The van der Waals surface area contributed by atoms with Gasteiger partial charge in [0.2, 0.25) is 5.95 Å². The quantitative estimate of drug-likeness (QED) is 0.536. The van der Waals surface area contributed by atoms with Crippen molar-refractivity contribution in [3.8, 4) is 5.75 Å². The van der Waals surface area contributed by atoms with Crippen LogP contribution in [0.5, 0.6) is 5.75 Å². The van der Waals surface area contributed by atoms with Crippen LogP contribution in [0.15, 0.2) is 42.7 Å². The van der Waals surface area contributed by atoms with E-state index in [4.69, 9.17) is 19.7 Å². The summed E-state index contributed by atoms with van der Waals surface area (Å²) < 4.78 is 5.45. The number of benzene rings is 1. The Hall–Kier alpha value is -3.36. The molecule has 1 heterocycles. The molecule has 2 rings (SSSR count). The van der Waals surface area contributed by atoms with Crippen LogP contribution in [0.3, 0.4) is 0 Å². The molecule has 1 aromatic heterocycles. The minimum absolute atomic E-state index is 0.0227. The fourth-order valence-electron chi connectivity index (χ4n) is 1.29. The van der Waals surface area contributed by atoms with Crippen molar-refractivity contribution < 1.29 is 24.5 Å². The minimum Gasteiger partial charge on any atom is -0.486 e. The molecule has 0 aliphatic heterocycles. The normalized spacial score (nSPS) is 9.07. The van der Waals surface area contributed by atoms with E-state index in [0.29, 0.717) is 12.4 Å². The van der Waals surface area contributed by atoms with Gasteiger partial charge in [-0.1, -0.05) is 71.9 Å². The first kappa shape index (κ1) is 28.8. The van der Waals surface area contributed by atoms with Gasteiger partial charge in [-0.05, 0) is 17.4 Å². The zero-order valence-corrected chi connectivity index (χ0v) is 18.5. The van der Waals surface area contributed by atoms with Gasteiger partial charge in [0.05, 0.1) is 12.4 Å². The van der Waals surface area contributed by atoms with Gasteiger partial charge in [0.25, 0.3) is 0 Å². The second kappa shape index (κ2) is 17.7. The van der Waals surface area contributed by atoms with E-state index in [1.54, 1.807) is 0 Å². The molecule has 2 aromatic rings. The van der Waals surface area contributed by atoms with Crippen LogP contribution in [-0.2, 0) is 6.61 Å². The zero-order valence-electron chi connectivity index (χ0n) is 18.5. The molecule has 0 spiro atoms. The van der Waals surface area contributed by atoms with Crippen LogP contribution in [0.4, 0.5) is 15.5 Å². The van der Waals surface area contributed by atoms with Gasteiger partial charge in [-0.2, -0.15) is 0 Å². The molecule has 5 N–H and O–H groups in total. The Kier molecular flexibility index (Phi) is 17.0. The van der Waals surface area contributed by atoms with Gasteiger partial charge in [-0.15, -0.1) is 0 Å². The second-order valence-corrected chi connectivity index (χ2v) is 7.25. The average molecular weight is 423 g/mol. The van der Waals surface area contributed by atoms with Crippen molar-refractivity contribution >= 4 is 18.1 Å². The van der Waals surface area contributed by atoms with Gasteiger partial charge in [0.15, 0.2) is 5.75 Å². The summed E-state index contributed by atoms with van der Waals surface area (Å²) in [4.78, 5) is 26.7. The highest BCUT2D eigenvalue weighted by atomic mass is 16.5. The van der Waals surface area contributed by atoms with Crippen LogP contribution in [0, 0.1) is 11.8 Å². The number of anilines is 1. The average Bonchev–Trinajstić information content (AvgIpc) is 2.60. The highest BCUT2D eigenvalue weighted by molar-refractivity contribution is 5.80. The van der Waals surface area contributed by atoms with E-state index >= 15 is 0 Å². The van der Waals surface area contributed by atoms with Gasteiger partial charge < -0.3 is 20.7 Å². The molecule has 0 saturated carbocycles. The van der Waals surface area contributed by atoms with Crippen molar-refractivity contribution in [1.82, 2.24) is 9.97 Å². The first-order valence-electron chi connectivity index (χ1n) is 9.41. The standard InChI is InChI=1S/C12H11N3O3.2C4H10.CH3NO2/c16-12(17)15-11-13-6-10(7-14-11)18-8-9-4-2-1-3-5-9;2*1-4(2)3;2-1(3)4/h1-7H,8H2,(H,16,17)(H,13,14,15);2*4H,1-3H3;2H2,(H,3,4). The lowest BCUT2D eigenvalue weighted by atomic mass is 10.2. The molecule has 0 saturated heterocycles. The Morgan fingerprint density at radius 3 is 1.73 bits per heavy atom. The Morgan fingerprint density at radius 2 is 1.37 bits per heavy atom. The molecule has 0 aliphatic carbocycles. The number of carbonyl (C=O) groups is 2. The second-order valence-electron chi connectivity index (χ2n) is 7.25. The summed E-state index contributed by atoms with van der Waals surface area (Å²) in [6.45, 7) is 13.4. The first-order chi connectivity index (χ1) is 13.9. The van der Waals surface area contributed by atoms with Gasteiger partial charge in [0, 0.05) is 0 Å². The molecule has 0 aliphatic rings. The number of nitrogens with zero attached hydrogens (tertiary/aromatic N) is 2. The van der Waals surface area contributed by atoms with E-state index < -0.39 is 12.2 Å². The topological polar surface area (TPSA) is 148 Å². The van der Waals surface area contributed by atoms with Gasteiger partial charge in [0.1, 0.15) is 6.61 Å². The molecular formula is C21H34N4O5. The number of aromatic nitrogens is 2. The zero-order chi connectivity index (χ0) is 23.5. The molecule has 30 heavy (non-hydrogen) atoms. The number of hydrogen-bond acceptors (Lipinski definition) is 5. The highest BCUT2D eigenvalue weighted by Gasteiger charge is 2.01. The molecular weight excluding hydrogens is 388 g/mol. The molecule has 1 aromatic carbocycles. The van der Waals surface area contributed by atoms with Crippen LogP contribution in [0.2, 0.25) is 0 Å². The van der Waals surface area contributed by atoms with Crippen molar-refractivity contribution in [1.29, 1.82) is 0 Å². The van der Waals surface area contributed by atoms with Crippen molar-refractivity contribution in [3.05, 3.63) is 48.3 Å². The van der Waals surface area contributed by atoms with Crippen molar-refractivity contribution in [2.24, 2.45) is 17.6 Å². The monoisotopic (exact) mass is 422 g/mol. The predicted octanol–water partition coefficient (Wildman–Crippen LogP) is 5.09. The van der Waals surface area contributed by atoms with E-state index in [0.717, 1.165) is 17.4 Å². The Balaban J connectivity index is 0. The van der Waals surface area contributed by atoms with Gasteiger partial charge >= 0.3 is 12.2 Å². The third kappa shape index (κ3) is 24.6. The van der Waals surface area contributed by atoms with E-state index in [2.05, 4.69) is 57.2 Å². The number of hydrogen-bond donors (Lipinski definition) is 4. The Morgan fingerprint density at radius 1 is 0.967 bits per heavy atom. The lowest BCUT2D eigenvalue weighted by Gasteiger charge is -2.05. The number of nitrogens with two attached hydrogens (primary N) is 1. The fraction of sp³-hybridized carbons (Fsp3) is 0.429. The summed E-state index contributed by atoms with van der Waals surface area (Å²) in [5.41, 5.74) is 5.06. The molecule has 0 radical (unpaired) electrons. The van der Waals surface area contributed by atoms with Crippen LogP contribution < -0.4 is 15.8 Å². The van der Waals surface area contributed by atoms with E-state index in [1.165, 1.54) is 12.4 Å². The Labute approximate surface area is 178 Å². The molecule has 9 nitrogen and oxygen atoms in total. The maximum absolute atomic E-state index is 10.3. The number of amides is 2. The maximum Gasteiger partial charge on any atom is 0.411 e. The smallest absolute Gasteiger partial charge is 0.411 e.